The van der Waals surface area contributed by atoms with Crippen LogP contribution >= 0.6 is 0 Å². The summed E-state index contributed by atoms with van der Waals surface area (Å²) in [4.78, 5) is 43.6. The summed E-state index contributed by atoms with van der Waals surface area (Å²) < 4.78 is 22.8. The van der Waals surface area contributed by atoms with E-state index in [-0.39, 0.29) is 12.2 Å². The normalized spacial score (nSPS) is 31.6. The van der Waals surface area contributed by atoms with Crippen LogP contribution in [0.2, 0.25) is 0 Å². The van der Waals surface area contributed by atoms with Crippen molar-refractivity contribution in [3.8, 4) is 0 Å². The average Bonchev–Trinajstić information content (AvgIpc) is 3.00. The largest absolute Gasteiger partial charge is 0.456 e. The van der Waals surface area contributed by atoms with Gasteiger partial charge < -0.3 is 23.9 Å². The molecule has 158 valence electrons. The highest BCUT2D eigenvalue weighted by atomic mass is 16.6. The number of fused-ring (bicyclic) bond motifs is 1. The number of aromatic amines is 2. The summed E-state index contributed by atoms with van der Waals surface area (Å²) in [7, 11) is 1.45. The first-order valence-electron chi connectivity index (χ1n) is 9.04. The molecule has 1 unspecified atom stereocenters. The van der Waals surface area contributed by atoms with Crippen LogP contribution in [0.3, 0.4) is 0 Å². The standard InChI is InChI=1S/C17H23N5O7/c1-17(2,3)15(24)29-13-10(7-5-19-16(25)20-14(7)23)28-11-9(21-22-18)8(26-4)6-27-12(11)13/h5,8-13H,6H2,1-4H3,(H2,19,20,23,25)/t8-,9-,10+,11-,12-,13?/m1/s1. The predicted molar refractivity (Wildman–Crippen MR) is 98.1 cm³/mol. The highest BCUT2D eigenvalue weighted by Gasteiger charge is 2.56. The Hall–Kier alpha value is -2.66. The highest BCUT2D eigenvalue weighted by Crippen LogP contribution is 2.41. The lowest BCUT2D eigenvalue weighted by Gasteiger charge is -2.36. The highest BCUT2D eigenvalue weighted by molar-refractivity contribution is 5.75. The average molecular weight is 409 g/mol. The Labute approximate surface area is 165 Å². The van der Waals surface area contributed by atoms with Gasteiger partial charge in [-0.2, -0.15) is 0 Å². The van der Waals surface area contributed by atoms with Crippen molar-refractivity contribution in [1.29, 1.82) is 0 Å². The van der Waals surface area contributed by atoms with Crippen LogP contribution in [0.15, 0.2) is 20.9 Å². The molecule has 0 amide bonds. The van der Waals surface area contributed by atoms with Gasteiger partial charge in [0.1, 0.15) is 12.2 Å². The molecule has 1 aromatic heterocycles. The van der Waals surface area contributed by atoms with Crippen LogP contribution in [-0.2, 0) is 23.7 Å². The maximum Gasteiger partial charge on any atom is 0.325 e. The molecule has 29 heavy (non-hydrogen) atoms. The molecule has 2 aliphatic rings. The van der Waals surface area contributed by atoms with E-state index in [0.717, 1.165) is 0 Å². The number of carbonyl (C=O) groups excluding carboxylic acids is 1. The summed E-state index contributed by atoms with van der Waals surface area (Å²) in [5.41, 5.74) is 6.84. The van der Waals surface area contributed by atoms with E-state index in [2.05, 4.69) is 20.0 Å². The molecular weight excluding hydrogens is 386 g/mol. The number of aromatic nitrogens is 2. The van der Waals surface area contributed by atoms with E-state index in [1.807, 2.05) is 0 Å². The number of methoxy groups -OCH3 is 1. The summed E-state index contributed by atoms with van der Waals surface area (Å²) in [6, 6.07) is -0.758. The number of nitrogens with zero attached hydrogens (tertiary/aromatic N) is 3. The smallest absolute Gasteiger partial charge is 0.325 e. The van der Waals surface area contributed by atoms with Crippen LogP contribution in [0.25, 0.3) is 10.4 Å². The van der Waals surface area contributed by atoms with Gasteiger partial charge in [0, 0.05) is 18.2 Å². The quantitative estimate of drug-likeness (QED) is 0.317. The number of H-pyrrole nitrogens is 2. The molecule has 0 saturated carbocycles. The minimum Gasteiger partial charge on any atom is -0.456 e. The fourth-order valence-electron chi connectivity index (χ4n) is 3.38. The third-order valence-corrected chi connectivity index (χ3v) is 4.92. The Morgan fingerprint density at radius 2 is 2.07 bits per heavy atom. The molecule has 2 saturated heterocycles. The minimum atomic E-state index is -1.04. The second kappa shape index (κ2) is 7.99. The van der Waals surface area contributed by atoms with E-state index in [4.69, 9.17) is 24.5 Å². The summed E-state index contributed by atoms with van der Waals surface area (Å²) >= 11 is 0. The minimum absolute atomic E-state index is 0.0583. The van der Waals surface area contributed by atoms with Gasteiger partial charge in [-0.15, -0.1) is 0 Å². The first-order chi connectivity index (χ1) is 13.7. The van der Waals surface area contributed by atoms with Crippen molar-refractivity contribution in [3.05, 3.63) is 43.0 Å². The maximum absolute atomic E-state index is 12.6. The van der Waals surface area contributed by atoms with E-state index in [1.165, 1.54) is 13.3 Å². The van der Waals surface area contributed by atoms with Crippen molar-refractivity contribution < 1.29 is 23.7 Å². The third kappa shape index (κ3) is 4.06. The number of ether oxygens (including phenoxy) is 4. The van der Waals surface area contributed by atoms with Gasteiger partial charge in [0.15, 0.2) is 6.10 Å². The zero-order chi connectivity index (χ0) is 21.3. The van der Waals surface area contributed by atoms with Crippen molar-refractivity contribution in [2.75, 3.05) is 13.7 Å². The molecule has 12 nitrogen and oxygen atoms in total. The Morgan fingerprint density at radius 1 is 1.34 bits per heavy atom. The Kier molecular flexibility index (Phi) is 5.80. The van der Waals surface area contributed by atoms with E-state index in [0.29, 0.717) is 0 Å². The molecule has 2 N–H and O–H groups in total. The van der Waals surface area contributed by atoms with Gasteiger partial charge in [-0.25, -0.2) is 4.79 Å². The van der Waals surface area contributed by atoms with E-state index in [1.54, 1.807) is 20.8 Å². The molecule has 1 aromatic rings. The molecule has 0 aliphatic carbocycles. The molecular formula is C17H23N5O7. The van der Waals surface area contributed by atoms with Gasteiger partial charge >= 0.3 is 11.7 Å². The summed E-state index contributed by atoms with van der Waals surface area (Å²) in [5, 5.41) is 3.77. The van der Waals surface area contributed by atoms with Crippen LogP contribution in [0.4, 0.5) is 0 Å². The van der Waals surface area contributed by atoms with Gasteiger partial charge in [-0.05, 0) is 26.3 Å². The number of nitrogens with one attached hydrogen (secondary N) is 2. The van der Waals surface area contributed by atoms with Gasteiger partial charge in [-0.1, -0.05) is 5.11 Å². The predicted octanol–water partition coefficient (Wildman–Crippen LogP) is 0.554. The molecule has 6 atom stereocenters. The molecule has 0 spiro atoms. The van der Waals surface area contributed by atoms with Crippen molar-refractivity contribution >= 4 is 5.97 Å². The van der Waals surface area contributed by atoms with Gasteiger partial charge in [-0.3, -0.25) is 14.6 Å². The van der Waals surface area contributed by atoms with Crippen LogP contribution in [0.5, 0.6) is 0 Å². The summed E-state index contributed by atoms with van der Waals surface area (Å²) in [5.74, 6) is -0.518. The second-order valence-electron chi connectivity index (χ2n) is 7.94. The first-order valence-corrected chi connectivity index (χ1v) is 9.04. The third-order valence-electron chi connectivity index (χ3n) is 4.92. The molecule has 2 fully saturated rings. The van der Waals surface area contributed by atoms with E-state index in [9.17, 15) is 14.4 Å². The SMILES string of the molecule is CO[C@@H]1CO[C@H]2C(OC(=O)C(C)(C)C)[C@H](c3c[nH]c(=O)[nH]c3=O)O[C@@H]2[C@@H]1N=[N+]=[N-]. The molecule has 0 bridgehead atoms. The molecule has 0 radical (unpaired) electrons. The number of carbonyl (C=O) groups is 1. The lowest BCUT2D eigenvalue weighted by Crippen LogP contribution is -2.54. The number of hydrogen-bond donors (Lipinski definition) is 2. The molecule has 3 rings (SSSR count). The monoisotopic (exact) mass is 409 g/mol. The molecule has 2 aliphatic heterocycles. The zero-order valence-corrected chi connectivity index (χ0v) is 16.4. The van der Waals surface area contributed by atoms with Gasteiger partial charge in [0.25, 0.3) is 5.56 Å². The number of hydrogen-bond acceptors (Lipinski definition) is 8. The molecule has 3 heterocycles. The lowest BCUT2D eigenvalue weighted by molar-refractivity contribution is -0.172. The van der Waals surface area contributed by atoms with Crippen molar-refractivity contribution in [2.24, 2.45) is 10.5 Å². The summed E-state index contributed by atoms with van der Waals surface area (Å²) in [6.07, 6.45) is -3.01. The van der Waals surface area contributed by atoms with Gasteiger partial charge in [0.2, 0.25) is 0 Å². The van der Waals surface area contributed by atoms with E-state index < -0.39 is 59.2 Å². The maximum atomic E-state index is 12.6. The van der Waals surface area contributed by atoms with Crippen LogP contribution < -0.4 is 11.2 Å². The number of rotatable bonds is 4. The second-order valence-corrected chi connectivity index (χ2v) is 7.94. The Morgan fingerprint density at radius 3 is 2.66 bits per heavy atom. The van der Waals surface area contributed by atoms with E-state index >= 15 is 0 Å². The fourth-order valence-corrected chi connectivity index (χ4v) is 3.38. The first kappa shape index (κ1) is 21.1. The Balaban J connectivity index is 2.03. The lowest BCUT2D eigenvalue weighted by atomic mass is 9.93. The number of esters is 1. The Bertz CT molecular complexity index is 929. The fraction of sp³-hybridized carbons (Fsp3) is 0.706. The number of azide groups is 1. The van der Waals surface area contributed by atoms with Crippen molar-refractivity contribution in [2.45, 2.75) is 57.3 Å². The zero-order valence-electron chi connectivity index (χ0n) is 16.4. The summed E-state index contributed by atoms with van der Waals surface area (Å²) in [6.45, 7) is 5.16. The molecule has 12 heteroatoms. The van der Waals surface area contributed by atoms with Crippen LogP contribution in [0.1, 0.15) is 32.4 Å². The topological polar surface area (TPSA) is 168 Å². The van der Waals surface area contributed by atoms with Crippen LogP contribution in [0, 0.1) is 5.41 Å². The van der Waals surface area contributed by atoms with Crippen molar-refractivity contribution in [3.63, 3.8) is 0 Å². The molecule has 0 aromatic carbocycles. The van der Waals surface area contributed by atoms with Crippen molar-refractivity contribution in [1.82, 2.24) is 9.97 Å². The van der Waals surface area contributed by atoms with Gasteiger partial charge in [0.05, 0.1) is 35.8 Å². The van der Waals surface area contributed by atoms with Crippen LogP contribution in [-0.4, -0.2) is 60.1 Å².